The van der Waals surface area contributed by atoms with Crippen molar-refractivity contribution in [1.82, 2.24) is 19.0 Å². The number of alkyl halides is 1. The van der Waals surface area contributed by atoms with Crippen molar-refractivity contribution < 1.29 is 18.7 Å². The predicted octanol–water partition coefficient (Wildman–Crippen LogP) is 2.98. The maximum absolute atomic E-state index is 14.1. The zero-order chi connectivity index (χ0) is 27.4. The van der Waals surface area contributed by atoms with Gasteiger partial charge in [0, 0.05) is 43.7 Å². The van der Waals surface area contributed by atoms with Crippen LogP contribution < -0.4 is 15.4 Å². The van der Waals surface area contributed by atoms with Crippen LogP contribution in [-0.4, -0.2) is 69.8 Å². The number of halogens is 1. The first-order valence-electron chi connectivity index (χ1n) is 12.8. The van der Waals surface area contributed by atoms with Crippen molar-refractivity contribution >= 4 is 39.4 Å². The van der Waals surface area contributed by atoms with Gasteiger partial charge in [-0.3, -0.25) is 9.59 Å². The molecule has 4 aromatic rings. The van der Waals surface area contributed by atoms with Crippen molar-refractivity contribution in [1.29, 1.82) is 5.26 Å². The van der Waals surface area contributed by atoms with E-state index in [2.05, 4.69) is 4.57 Å². The average Bonchev–Trinajstić information content (AvgIpc) is 3.46. The fourth-order valence-corrected chi connectivity index (χ4v) is 5.92. The highest BCUT2D eigenvalue weighted by Gasteiger charge is 2.31. The number of benzene rings is 2. The number of hydrogen-bond acceptors (Lipinski definition) is 6. The Morgan fingerprint density at radius 2 is 2.03 bits per heavy atom. The fourth-order valence-electron chi connectivity index (χ4n) is 5.92. The molecule has 2 N–H and O–H groups in total. The Kier molecular flexibility index (Phi) is 5.99. The van der Waals surface area contributed by atoms with E-state index in [9.17, 15) is 14.0 Å². The first-order chi connectivity index (χ1) is 18.8. The first-order valence-corrected chi connectivity index (χ1v) is 12.8. The third-order valence-electron chi connectivity index (χ3n) is 7.62. The summed E-state index contributed by atoms with van der Waals surface area (Å²) in [6.45, 7) is 1.28. The summed E-state index contributed by atoms with van der Waals surface area (Å²) < 4.78 is 23.9. The average molecular weight is 530 g/mol. The fraction of sp³-hybridized carbons (Fsp3) is 0.357. The molecule has 1 saturated heterocycles. The molecular formula is C28H28FN7O3. The number of imidazole rings is 1. The van der Waals surface area contributed by atoms with Gasteiger partial charge >= 0.3 is 0 Å². The number of piperidine rings is 1. The number of ether oxygens (including phenoxy) is 1. The van der Waals surface area contributed by atoms with Crippen molar-refractivity contribution in [2.45, 2.75) is 31.6 Å². The first kappa shape index (κ1) is 24.9. The van der Waals surface area contributed by atoms with Gasteiger partial charge < -0.3 is 29.4 Å². The van der Waals surface area contributed by atoms with E-state index >= 15 is 0 Å². The maximum Gasteiger partial charge on any atom is 0.254 e. The van der Waals surface area contributed by atoms with Crippen LogP contribution in [0.2, 0.25) is 0 Å². The second-order valence-corrected chi connectivity index (χ2v) is 10.1. The largest absolute Gasteiger partial charge is 0.494 e. The molecule has 0 saturated carbocycles. The second kappa shape index (κ2) is 9.39. The number of nitriles is 1. The quantitative estimate of drug-likeness (QED) is 0.434. The highest BCUT2D eigenvalue weighted by molar-refractivity contribution is 6.06. The summed E-state index contributed by atoms with van der Waals surface area (Å²) in [7, 11) is 3.43. The molecule has 4 heterocycles. The number of methoxy groups -OCH3 is 1. The number of para-hydroxylation sites is 1. The Morgan fingerprint density at radius 3 is 2.77 bits per heavy atom. The number of rotatable bonds is 4. The van der Waals surface area contributed by atoms with Gasteiger partial charge in [0.05, 0.1) is 42.1 Å². The SMILES string of the molecule is COc1cc(C(=O)N2C[C@H](N)C[C@@H](F)C2)cc2nc(-c3cc4cccc5c4n3CCN5C(=O)CC#N)n(C)c12. The molecule has 10 nitrogen and oxygen atoms in total. The summed E-state index contributed by atoms with van der Waals surface area (Å²) in [6, 6.07) is 12.7. The third kappa shape index (κ3) is 3.99. The van der Waals surface area contributed by atoms with Crippen molar-refractivity contribution in [2.75, 3.05) is 31.6 Å². The van der Waals surface area contributed by atoms with Gasteiger partial charge in [-0.05, 0) is 30.7 Å². The molecule has 39 heavy (non-hydrogen) atoms. The number of fused-ring (bicyclic) bond motifs is 1. The molecule has 0 radical (unpaired) electrons. The lowest BCUT2D eigenvalue weighted by Crippen LogP contribution is -2.50. The molecule has 1 fully saturated rings. The van der Waals surface area contributed by atoms with E-state index in [0.717, 1.165) is 27.8 Å². The molecule has 2 atom stereocenters. The summed E-state index contributed by atoms with van der Waals surface area (Å²) in [4.78, 5) is 34.0. The number of amides is 2. The third-order valence-corrected chi connectivity index (χ3v) is 7.62. The topological polar surface area (TPSA) is 122 Å². The van der Waals surface area contributed by atoms with Crippen LogP contribution in [0.3, 0.4) is 0 Å². The molecule has 2 amide bonds. The van der Waals surface area contributed by atoms with Crippen LogP contribution in [0.5, 0.6) is 5.75 Å². The summed E-state index contributed by atoms with van der Waals surface area (Å²) >= 11 is 0. The molecule has 0 spiro atoms. The summed E-state index contributed by atoms with van der Waals surface area (Å²) in [5.41, 5.74) is 10.2. The Balaban J connectivity index is 1.46. The summed E-state index contributed by atoms with van der Waals surface area (Å²) in [6.07, 6.45) is -1.08. The van der Waals surface area contributed by atoms with Gasteiger partial charge in [-0.2, -0.15) is 5.26 Å². The number of likely N-dealkylation sites (tertiary alicyclic amines) is 1. The summed E-state index contributed by atoms with van der Waals surface area (Å²) in [5.74, 6) is 0.627. The molecule has 2 aromatic heterocycles. The van der Waals surface area contributed by atoms with Gasteiger partial charge in [-0.15, -0.1) is 0 Å². The lowest BCUT2D eigenvalue weighted by Gasteiger charge is -2.33. The summed E-state index contributed by atoms with van der Waals surface area (Å²) in [5, 5.41) is 9.99. The number of anilines is 1. The molecule has 0 unspecified atom stereocenters. The van der Waals surface area contributed by atoms with Crippen LogP contribution in [0.4, 0.5) is 10.1 Å². The Morgan fingerprint density at radius 1 is 1.21 bits per heavy atom. The molecule has 2 aromatic carbocycles. The van der Waals surface area contributed by atoms with Crippen molar-refractivity contribution in [3.05, 3.63) is 42.0 Å². The zero-order valence-corrected chi connectivity index (χ0v) is 21.7. The lowest BCUT2D eigenvalue weighted by molar-refractivity contribution is -0.117. The smallest absolute Gasteiger partial charge is 0.254 e. The number of carbonyl (C=O) groups is 2. The zero-order valence-electron chi connectivity index (χ0n) is 21.7. The van der Waals surface area contributed by atoms with E-state index in [1.165, 1.54) is 4.90 Å². The van der Waals surface area contributed by atoms with Crippen LogP contribution in [0, 0.1) is 11.3 Å². The Bertz CT molecular complexity index is 1670. The molecular weight excluding hydrogens is 501 g/mol. The van der Waals surface area contributed by atoms with Gasteiger partial charge in [-0.1, -0.05) is 12.1 Å². The number of aromatic nitrogens is 3. The van der Waals surface area contributed by atoms with Gasteiger partial charge in [0.15, 0.2) is 5.82 Å². The predicted molar refractivity (Wildman–Crippen MR) is 144 cm³/mol. The number of carbonyl (C=O) groups excluding carboxylic acids is 2. The second-order valence-electron chi connectivity index (χ2n) is 10.1. The highest BCUT2D eigenvalue weighted by atomic mass is 19.1. The van der Waals surface area contributed by atoms with Crippen LogP contribution in [0.1, 0.15) is 23.2 Å². The highest BCUT2D eigenvalue weighted by Crippen LogP contribution is 2.39. The monoisotopic (exact) mass is 529 g/mol. The minimum Gasteiger partial charge on any atom is -0.494 e. The van der Waals surface area contributed by atoms with E-state index in [1.54, 1.807) is 24.1 Å². The van der Waals surface area contributed by atoms with Crippen LogP contribution in [0.25, 0.3) is 33.5 Å². The Hall–Kier alpha value is -4.43. The number of nitrogens with two attached hydrogens (primary N) is 1. The van der Waals surface area contributed by atoms with E-state index in [4.69, 9.17) is 20.7 Å². The molecule has 0 bridgehead atoms. The van der Waals surface area contributed by atoms with Gasteiger partial charge in [0.25, 0.3) is 5.91 Å². The minimum atomic E-state index is -1.15. The number of hydrogen-bond donors (Lipinski definition) is 1. The molecule has 2 aliphatic heterocycles. The van der Waals surface area contributed by atoms with Crippen molar-refractivity contribution in [2.24, 2.45) is 12.8 Å². The maximum atomic E-state index is 14.1. The van der Waals surface area contributed by atoms with Crippen LogP contribution in [-0.2, 0) is 18.4 Å². The van der Waals surface area contributed by atoms with Crippen molar-refractivity contribution in [3.8, 4) is 23.3 Å². The van der Waals surface area contributed by atoms with Crippen molar-refractivity contribution in [3.63, 3.8) is 0 Å². The molecule has 0 aliphatic carbocycles. The normalized spacial score (nSPS) is 18.9. The lowest BCUT2D eigenvalue weighted by atomic mass is 10.0. The standard InChI is InChI=1S/C28H28FN7O3/c1-33-26-20(10-17(12-23(26)39-2)28(38)34-14-18(29)13-19(31)15-34)32-27(33)22-11-16-4-3-5-21-25(16)36(22)9-8-35(21)24(37)6-7-30/h3-5,10-12,18-19H,6,8-9,13-15,31H2,1-2H3/t18-,19-/m1/s1. The number of aryl methyl sites for hydroxylation is 1. The van der Waals surface area contributed by atoms with Gasteiger partial charge in [0.2, 0.25) is 5.91 Å². The number of nitrogens with zero attached hydrogens (tertiary/aromatic N) is 6. The van der Waals surface area contributed by atoms with E-state index < -0.39 is 12.2 Å². The van der Waals surface area contributed by atoms with Gasteiger partial charge in [0.1, 0.15) is 23.9 Å². The van der Waals surface area contributed by atoms with E-state index in [1.807, 2.05) is 41.9 Å². The molecule has 6 rings (SSSR count). The van der Waals surface area contributed by atoms with E-state index in [0.29, 0.717) is 42.3 Å². The molecule has 200 valence electrons. The van der Waals surface area contributed by atoms with Gasteiger partial charge in [-0.25, -0.2) is 9.37 Å². The minimum absolute atomic E-state index is 0.0106. The van der Waals surface area contributed by atoms with Crippen LogP contribution >= 0.6 is 0 Å². The van der Waals surface area contributed by atoms with Crippen LogP contribution in [0.15, 0.2) is 36.4 Å². The molecule has 11 heteroatoms. The Labute approximate surface area is 223 Å². The van der Waals surface area contributed by atoms with E-state index in [-0.39, 0.29) is 31.2 Å². The molecule has 2 aliphatic rings.